The predicted octanol–water partition coefficient (Wildman–Crippen LogP) is 1.70. The Bertz CT molecular complexity index is 473. The monoisotopic (exact) mass is 279 g/mol. The van der Waals surface area contributed by atoms with Gasteiger partial charge in [0.2, 0.25) is 5.91 Å². The summed E-state index contributed by atoms with van der Waals surface area (Å²) in [7, 11) is 0. The molecule has 1 aromatic heterocycles. The number of amides is 1. The van der Waals surface area contributed by atoms with E-state index in [0.717, 1.165) is 30.2 Å². The van der Waals surface area contributed by atoms with Crippen molar-refractivity contribution in [2.24, 2.45) is 11.7 Å². The van der Waals surface area contributed by atoms with Crippen LogP contribution in [0.3, 0.4) is 0 Å². The molecule has 0 radical (unpaired) electrons. The molecule has 0 aliphatic carbocycles. The van der Waals surface area contributed by atoms with Crippen molar-refractivity contribution >= 4 is 17.5 Å². The molecule has 0 aliphatic heterocycles. The Morgan fingerprint density at radius 1 is 1.25 bits per heavy atom. The lowest BCUT2D eigenvalue weighted by Crippen LogP contribution is -2.40. The van der Waals surface area contributed by atoms with E-state index in [9.17, 15) is 4.79 Å². The van der Waals surface area contributed by atoms with Crippen molar-refractivity contribution in [2.45, 2.75) is 47.1 Å². The highest BCUT2D eigenvalue weighted by atomic mass is 16.1. The van der Waals surface area contributed by atoms with E-state index in [2.05, 4.69) is 20.6 Å². The molecule has 1 atom stereocenters. The molecule has 0 saturated carbocycles. The Balaban J connectivity index is 3.15. The summed E-state index contributed by atoms with van der Waals surface area (Å²) in [6.45, 7) is 10.6. The van der Waals surface area contributed by atoms with Gasteiger partial charge in [0.05, 0.1) is 0 Å². The zero-order chi connectivity index (χ0) is 15.3. The van der Waals surface area contributed by atoms with E-state index in [0.29, 0.717) is 5.82 Å². The highest BCUT2D eigenvalue weighted by Crippen LogP contribution is 2.22. The molecule has 1 unspecified atom stereocenters. The normalized spacial score (nSPS) is 12.3. The van der Waals surface area contributed by atoms with Crippen LogP contribution in [-0.4, -0.2) is 28.5 Å². The first kappa shape index (κ1) is 16.2. The maximum atomic E-state index is 11.5. The number of carbonyl (C=O) groups is 1. The van der Waals surface area contributed by atoms with Crippen LogP contribution in [0, 0.1) is 12.8 Å². The third-order valence-corrected chi connectivity index (χ3v) is 3.12. The average Bonchev–Trinajstić information content (AvgIpc) is 2.38. The number of primary amides is 1. The number of anilines is 2. The minimum absolute atomic E-state index is 0.0922. The molecule has 1 amide bonds. The Kier molecular flexibility index (Phi) is 5.73. The van der Waals surface area contributed by atoms with Crippen molar-refractivity contribution in [1.29, 1.82) is 0 Å². The molecule has 112 valence electrons. The van der Waals surface area contributed by atoms with Crippen LogP contribution < -0.4 is 16.4 Å². The molecule has 4 N–H and O–H groups in total. The molecule has 1 rings (SSSR count). The van der Waals surface area contributed by atoms with Gasteiger partial charge in [0, 0.05) is 18.5 Å². The summed E-state index contributed by atoms with van der Waals surface area (Å²) < 4.78 is 0. The van der Waals surface area contributed by atoms with Crippen molar-refractivity contribution in [1.82, 2.24) is 9.97 Å². The van der Waals surface area contributed by atoms with Crippen molar-refractivity contribution in [3.05, 3.63) is 11.4 Å². The van der Waals surface area contributed by atoms with Crippen LogP contribution in [0.2, 0.25) is 0 Å². The summed E-state index contributed by atoms with van der Waals surface area (Å²) in [5.41, 5.74) is 6.34. The number of aromatic nitrogens is 2. The molecule has 0 bridgehead atoms. The molecule has 0 fully saturated rings. The third-order valence-electron chi connectivity index (χ3n) is 3.12. The summed E-state index contributed by atoms with van der Waals surface area (Å²) >= 11 is 0. The van der Waals surface area contributed by atoms with Crippen molar-refractivity contribution in [2.75, 3.05) is 17.2 Å². The Hall–Kier alpha value is -1.85. The van der Waals surface area contributed by atoms with Gasteiger partial charge in [0.25, 0.3) is 0 Å². The molecule has 20 heavy (non-hydrogen) atoms. The molecule has 0 spiro atoms. The molecule has 6 nitrogen and oxygen atoms in total. The molecular formula is C14H25N5O. The van der Waals surface area contributed by atoms with E-state index in [1.54, 1.807) is 0 Å². The van der Waals surface area contributed by atoms with E-state index >= 15 is 0 Å². The van der Waals surface area contributed by atoms with E-state index < -0.39 is 6.04 Å². The van der Waals surface area contributed by atoms with Gasteiger partial charge in [-0.3, -0.25) is 4.79 Å². The van der Waals surface area contributed by atoms with E-state index in [1.807, 2.05) is 34.6 Å². The van der Waals surface area contributed by atoms with Crippen molar-refractivity contribution in [3.63, 3.8) is 0 Å². The van der Waals surface area contributed by atoms with Crippen LogP contribution in [-0.2, 0) is 11.2 Å². The Morgan fingerprint density at radius 2 is 1.85 bits per heavy atom. The second-order valence-corrected chi connectivity index (χ2v) is 5.11. The fraction of sp³-hybridized carbons (Fsp3) is 0.643. The van der Waals surface area contributed by atoms with Gasteiger partial charge < -0.3 is 16.4 Å². The van der Waals surface area contributed by atoms with Gasteiger partial charge in [-0.2, -0.15) is 0 Å². The predicted molar refractivity (Wildman–Crippen MR) is 81.8 cm³/mol. The van der Waals surface area contributed by atoms with Crippen LogP contribution in [0.15, 0.2) is 0 Å². The van der Waals surface area contributed by atoms with Crippen LogP contribution in [0.1, 0.15) is 39.1 Å². The highest BCUT2D eigenvalue weighted by Gasteiger charge is 2.21. The molecule has 1 heterocycles. The number of hydrogen-bond donors (Lipinski definition) is 3. The maximum Gasteiger partial charge on any atom is 0.240 e. The van der Waals surface area contributed by atoms with Gasteiger partial charge in [-0.05, 0) is 19.8 Å². The zero-order valence-corrected chi connectivity index (χ0v) is 12.9. The fourth-order valence-electron chi connectivity index (χ4n) is 1.91. The lowest BCUT2D eigenvalue weighted by molar-refractivity contribution is -0.119. The number of hydrogen-bond acceptors (Lipinski definition) is 5. The maximum absolute atomic E-state index is 11.5. The molecule has 6 heteroatoms. The van der Waals surface area contributed by atoms with Crippen molar-refractivity contribution < 1.29 is 4.79 Å². The lowest BCUT2D eigenvalue weighted by Gasteiger charge is -2.22. The average molecular weight is 279 g/mol. The summed E-state index contributed by atoms with van der Waals surface area (Å²) in [4.78, 5) is 20.5. The minimum Gasteiger partial charge on any atom is -0.370 e. The minimum atomic E-state index is -0.442. The third kappa shape index (κ3) is 3.82. The van der Waals surface area contributed by atoms with Gasteiger partial charge in [-0.1, -0.05) is 20.8 Å². The fourth-order valence-corrected chi connectivity index (χ4v) is 1.91. The first-order valence-electron chi connectivity index (χ1n) is 7.07. The second kappa shape index (κ2) is 7.07. The van der Waals surface area contributed by atoms with E-state index in [4.69, 9.17) is 5.73 Å². The zero-order valence-electron chi connectivity index (χ0n) is 12.9. The van der Waals surface area contributed by atoms with E-state index in [-0.39, 0.29) is 11.8 Å². The molecule has 1 aromatic rings. The summed E-state index contributed by atoms with van der Waals surface area (Å²) in [6.07, 6.45) is 0.732. The summed E-state index contributed by atoms with van der Waals surface area (Å²) in [5, 5.41) is 6.37. The number of carbonyl (C=O) groups excluding carboxylic acids is 1. The Morgan fingerprint density at radius 3 is 2.30 bits per heavy atom. The number of aryl methyl sites for hydroxylation is 1. The summed E-state index contributed by atoms with van der Waals surface area (Å²) in [5.74, 6) is 1.93. The van der Waals surface area contributed by atoms with Crippen molar-refractivity contribution in [3.8, 4) is 0 Å². The van der Waals surface area contributed by atoms with Crippen LogP contribution >= 0.6 is 0 Å². The molecule has 0 aliphatic rings. The number of nitrogens with two attached hydrogens (primary N) is 1. The smallest absolute Gasteiger partial charge is 0.240 e. The molecule has 0 saturated heterocycles. The topological polar surface area (TPSA) is 92.9 Å². The van der Waals surface area contributed by atoms with Crippen LogP contribution in [0.4, 0.5) is 11.6 Å². The second-order valence-electron chi connectivity index (χ2n) is 5.11. The van der Waals surface area contributed by atoms with Crippen LogP contribution in [0.5, 0.6) is 0 Å². The first-order valence-corrected chi connectivity index (χ1v) is 7.07. The largest absolute Gasteiger partial charge is 0.370 e. The first-order chi connectivity index (χ1) is 9.40. The standard InChI is InChI=1S/C14H25N5O/c1-6-10-17-13(16-7-2)9(5)14(18-10)19-11(8(3)4)12(15)20/h8,11H,6-7H2,1-5H3,(H2,15,20)(H2,16,17,18,19). The molecule has 0 aromatic carbocycles. The van der Waals surface area contributed by atoms with Crippen LogP contribution in [0.25, 0.3) is 0 Å². The number of nitrogens with zero attached hydrogens (tertiary/aromatic N) is 2. The SMILES string of the molecule is CCNc1nc(CC)nc(NC(C(N)=O)C(C)C)c1C. The van der Waals surface area contributed by atoms with Gasteiger partial charge in [0.15, 0.2) is 0 Å². The number of nitrogens with one attached hydrogen (secondary N) is 2. The van der Waals surface area contributed by atoms with Gasteiger partial charge >= 0.3 is 0 Å². The number of rotatable bonds is 7. The molecular weight excluding hydrogens is 254 g/mol. The quantitative estimate of drug-likeness (QED) is 0.706. The van der Waals surface area contributed by atoms with E-state index in [1.165, 1.54) is 0 Å². The Labute approximate surface area is 120 Å². The summed E-state index contributed by atoms with van der Waals surface area (Å²) in [6, 6.07) is -0.442. The van der Waals surface area contributed by atoms with Gasteiger partial charge in [0.1, 0.15) is 23.5 Å². The van der Waals surface area contributed by atoms with Gasteiger partial charge in [-0.15, -0.1) is 0 Å². The highest BCUT2D eigenvalue weighted by molar-refractivity contribution is 5.83. The van der Waals surface area contributed by atoms with Gasteiger partial charge in [-0.25, -0.2) is 9.97 Å². The lowest BCUT2D eigenvalue weighted by atomic mass is 10.0.